The van der Waals surface area contributed by atoms with E-state index in [2.05, 4.69) is 20.4 Å². The summed E-state index contributed by atoms with van der Waals surface area (Å²) in [6.45, 7) is 2.94. The third kappa shape index (κ3) is 5.55. The van der Waals surface area contributed by atoms with Gasteiger partial charge < -0.3 is 5.73 Å². The Bertz CT molecular complexity index is 1830. The first-order chi connectivity index (χ1) is 18.0. The summed E-state index contributed by atoms with van der Waals surface area (Å²) < 4.78 is 93.9. The van der Waals surface area contributed by atoms with E-state index < -0.39 is 57.0 Å². The number of rotatable bonds is 7. The van der Waals surface area contributed by atoms with Gasteiger partial charge in [-0.25, -0.2) is 18.1 Å². The molecule has 0 amide bonds. The lowest BCUT2D eigenvalue weighted by Gasteiger charge is -2.24. The number of sulfone groups is 1. The first-order valence-electron chi connectivity index (χ1n) is 10.9. The van der Waals surface area contributed by atoms with Crippen molar-refractivity contribution in [2.45, 2.75) is 35.1 Å². The molecule has 0 spiro atoms. The Morgan fingerprint density at radius 3 is 2.15 bits per heavy atom. The minimum absolute atomic E-state index is 0.0235. The molecule has 4 rings (SSSR count). The largest absolute Gasteiger partial charge is 0.382 e. The Balaban J connectivity index is 1.90. The van der Waals surface area contributed by atoms with Gasteiger partial charge in [-0.3, -0.25) is 9.11 Å². The molecule has 2 aromatic carbocycles. The monoisotopic (exact) mass is 597 g/mol. The highest BCUT2D eigenvalue weighted by atomic mass is 32.2. The Hall–Kier alpha value is -3.71. The van der Waals surface area contributed by atoms with Gasteiger partial charge in [-0.15, -0.1) is 5.11 Å². The molecular formula is C21H23N7O8S3. The lowest BCUT2D eigenvalue weighted by atomic mass is 10.2. The average molecular weight is 598 g/mol. The predicted molar refractivity (Wildman–Crippen MR) is 141 cm³/mol. The van der Waals surface area contributed by atoms with E-state index in [0.29, 0.717) is 11.4 Å². The molecule has 1 aromatic heterocycles. The lowest BCUT2D eigenvalue weighted by molar-refractivity contribution is 0.478. The molecule has 1 aliphatic heterocycles. The molecule has 2 unspecified atom stereocenters. The summed E-state index contributed by atoms with van der Waals surface area (Å²) in [7, 11) is -13.8. The van der Waals surface area contributed by atoms with E-state index in [1.54, 1.807) is 37.3 Å². The molecule has 0 bridgehead atoms. The first-order valence-corrected chi connectivity index (χ1v) is 15.8. The van der Waals surface area contributed by atoms with Gasteiger partial charge in [0.2, 0.25) is 0 Å². The van der Waals surface area contributed by atoms with Crippen molar-refractivity contribution in [3.05, 3.63) is 54.2 Å². The third-order valence-electron chi connectivity index (χ3n) is 5.75. The van der Waals surface area contributed by atoms with E-state index in [9.17, 15) is 34.4 Å². The highest BCUT2D eigenvalue weighted by Crippen LogP contribution is 2.37. The summed E-state index contributed by atoms with van der Waals surface area (Å²) in [5.41, 5.74) is 6.71. The summed E-state index contributed by atoms with van der Waals surface area (Å²) in [4.78, 5) is -1.55. The van der Waals surface area contributed by atoms with Crippen LogP contribution in [0, 0.1) is 6.92 Å². The van der Waals surface area contributed by atoms with E-state index in [1.807, 2.05) is 0 Å². The van der Waals surface area contributed by atoms with Crippen LogP contribution in [-0.2, 0) is 30.1 Å². The second-order valence-corrected chi connectivity index (χ2v) is 13.6. The Morgan fingerprint density at radius 2 is 1.59 bits per heavy atom. The number of nitrogens with zero attached hydrogens (tertiary/aromatic N) is 6. The number of hydrogen-bond acceptors (Lipinski definition) is 12. The molecule has 1 aliphatic rings. The van der Waals surface area contributed by atoms with Gasteiger partial charge in [0.15, 0.2) is 27.5 Å². The van der Waals surface area contributed by atoms with Crippen molar-refractivity contribution in [1.29, 1.82) is 0 Å². The average Bonchev–Trinajstić information content (AvgIpc) is 3.31. The van der Waals surface area contributed by atoms with Crippen LogP contribution in [0.2, 0.25) is 0 Å². The molecule has 208 valence electrons. The van der Waals surface area contributed by atoms with Gasteiger partial charge in [-0.05, 0) is 44.2 Å². The number of nitrogens with two attached hydrogens (primary N) is 1. The molecule has 2 atom stereocenters. The van der Waals surface area contributed by atoms with Gasteiger partial charge >= 0.3 is 0 Å². The predicted octanol–water partition coefficient (Wildman–Crippen LogP) is 1.98. The molecule has 0 saturated heterocycles. The second-order valence-electron chi connectivity index (χ2n) is 8.61. The van der Waals surface area contributed by atoms with E-state index in [4.69, 9.17) is 5.73 Å². The third-order valence-corrected chi connectivity index (χ3v) is 9.01. The van der Waals surface area contributed by atoms with E-state index in [1.165, 1.54) is 11.6 Å². The second kappa shape index (κ2) is 9.79. The minimum atomic E-state index is -4.98. The smallest absolute Gasteiger partial charge is 0.296 e. The fourth-order valence-electron chi connectivity index (χ4n) is 4.06. The normalized spacial score (nSPS) is 18.6. The lowest BCUT2D eigenvalue weighted by Crippen LogP contribution is -2.40. The van der Waals surface area contributed by atoms with Crippen molar-refractivity contribution in [3.8, 4) is 5.69 Å². The SMILES string of the molecule is CC1=NN(c2cc(S(=O)(=O)O)ccc2S(=O)(=O)O)C(/N=N/c2c(C)nn(-c3ccccc3)c2N)C1S(C)(=O)=O. The Morgan fingerprint density at radius 1 is 0.949 bits per heavy atom. The van der Waals surface area contributed by atoms with Crippen molar-refractivity contribution in [3.63, 3.8) is 0 Å². The fraction of sp³-hybridized carbons (Fsp3) is 0.238. The van der Waals surface area contributed by atoms with Crippen molar-refractivity contribution >= 4 is 53.0 Å². The minimum Gasteiger partial charge on any atom is -0.382 e. The van der Waals surface area contributed by atoms with Crippen molar-refractivity contribution in [2.24, 2.45) is 15.3 Å². The maximum absolute atomic E-state index is 12.7. The molecule has 18 heteroatoms. The van der Waals surface area contributed by atoms with E-state index >= 15 is 0 Å². The highest BCUT2D eigenvalue weighted by Gasteiger charge is 2.44. The molecule has 0 fully saturated rings. The number of azo groups is 1. The highest BCUT2D eigenvalue weighted by molar-refractivity contribution is 7.92. The van der Waals surface area contributed by atoms with Gasteiger partial charge in [-0.2, -0.15) is 32.1 Å². The molecule has 4 N–H and O–H groups in total. The van der Waals surface area contributed by atoms with Gasteiger partial charge in [0, 0.05) is 6.26 Å². The zero-order chi connectivity index (χ0) is 28.9. The molecule has 0 aliphatic carbocycles. The van der Waals surface area contributed by atoms with Crippen LogP contribution >= 0.6 is 0 Å². The summed E-state index contributed by atoms with van der Waals surface area (Å²) in [6.07, 6.45) is -0.648. The van der Waals surface area contributed by atoms with Gasteiger partial charge in [0.05, 0.1) is 27.7 Å². The fourth-order valence-corrected chi connectivity index (χ4v) is 6.50. The van der Waals surface area contributed by atoms with Crippen LogP contribution in [-0.4, -0.2) is 67.5 Å². The number of nitrogen functional groups attached to an aromatic ring is 1. The van der Waals surface area contributed by atoms with Crippen LogP contribution in [0.1, 0.15) is 12.6 Å². The molecule has 0 saturated carbocycles. The zero-order valence-electron chi connectivity index (χ0n) is 20.6. The number of benzene rings is 2. The number of anilines is 2. The topological polar surface area (TPSA) is 227 Å². The van der Waals surface area contributed by atoms with Gasteiger partial charge in [0.1, 0.15) is 10.1 Å². The summed E-state index contributed by atoms with van der Waals surface area (Å²) in [5, 5.41) is 16.1. The summed E-state index contributed by atoms with van der Waals surface area (Å²) in [5.74, 6) is 0.0764. The quantitative estimate of drug-likeness (QED) is 0.263. The van der Waals surface area contributed by atoms with Gasteiger partial charge in [0.25, 0.3) is 20.2 Å². The van der Waals surface area contributed by atoms with Crippen molar-refractivity contribution in [2.75, 3.05) is 17.0 Å². The van der Waals surface area contributed by atoms with Crippen LogP contribution in [0.15, 0.2) is 73.7 Å². The number of hydrazone groups is 1. The molecule has 39 heavy (non-hydrogen) atoms. The van der Waals surface area contributed by atoms with Crippen LogP contribution in [0.5, 0.6) is 0 Å². The number of aromatic nitrogens is 2. The number of aryl methyl sites for hydroxylation is 1. The standard InChI is InChI=1S/C21H23N7O8S3/c1-12-18(20(22)27(25-12)14-7-5-4-6-8-14)23-24-21-19(37(3,29)30)13(2)26-28(21)16-11-15(38(31,32)33)9-10-17(16)39(34,35)36/h4-11,19,21H,22H2,1-3H3,(H,31,32,33)(H,34,35,36)/b24-23+. The van der Waals surface area contributed by atoms with Crippen molar-refractivity contribution in [1.82, 2.24) is 9.78 Å². The Kier molecular flexibility index (Phi) is 7.11. The van der Waals surface area contributed by atoms with E-state index in [-0.39, 0.29) is 17.2 Å². The first kappa shape index (κ1) is 28.3. The van der Waals surface area contributed by atoms with Crippen LogP contribution < -0.4 is 10.7 Å². The van der Waals surface area contributed by atoms with Crippen LogP contribution in [0.25, 0.3) is 5.69 Å². The molecule has 2 heterocycles. The van der Waals surface area contributed by atoms with Crippen LogP contribution in [0.3, 0.4) is 0 Å². The van der Waals surface area contributed by atoms with Crippen LogP contribution in [0.4, 0.5) is 17.2 Å². The van der Waals surface area contributed by atoms with E-state index in [0.717, 1.165) is 29.5 Å². The number of para-hydroxylation sites is 1. The molecule has 15 nitrogen and oxygen atoms in total. The molecule has 3 aromatic rings. The summed E-state index contributed by atoms with van der Waals surface area (Å²) in [6, 6.07) is 11.0. The summed E-state index contributed by atoms with van der Waals surface area (Å²) >= 11 is 0. The zero-order valence-corrected chi connectivity index (χ0v) is 23.1. The number of hydrogen-bond donors (Lipinski definition) is 3. The maximum Gasteiger partial charge on any atom is 0.296 e. The molecule has 0 radical (unpaired) electrons. The van der Waals surface area contributed by atoms with Crippen molar-refractivity contribution < 1.29 is 34.4 Å². The molecular weight excluding hydrogens is 574 g/mol. The Labute approximate surface area is 224 Å². The maximum atomic E-state index is 12.7. The van der Waals surface area contributed by atoms with Gasteiger partial charge in [-0.1, -0.05) is 18.2 Å².